The fourth-order valence-corrected chi connectivity index (χ4v) is 3.58. The van der Waals surface area contributed by atoms with E-state index >= 15 is 0 Å². The largest absolute Gasteiger partial charge is 0.504 e. The molecule has 6 heteroatoms. The van der Waals surface area contributed by atoms with Crippen molar-refractivity contribution >= 4 is 9.84 Å². The molecule has 0 amide bonds. The van der Waals surface area contributed by atoms with E-state index in [9.17, 15) is 17.9 Å². The topological polar surface area (TPSA) is 63.6 Å². The Morgan fingerprint density at radius 2 is 1.63 bits per heavy atom. The Balaban J connectivity index is 0.00000364. The highest BCUT2D eigenvalue weighted by molar-refractivity contribution is 7.90. The first kappa shape index (κ1) is 23.0. The van der Waals surface area contributed by atoms with Gasteiger partial charge in [-0.2, -0.15) is 0 Å². The molecule has 1 atom stereocenters. The third-order valence-corrected chi connectivity index (χ3v) is 5.62. The van der Waals surface area contributed by atoms with Gasteiger partial charge in [-0.3, -0.25) is 0 Å². The summed E-state index contributed by atoms with van der Waals surface area (Å²) in [5, 5.41) is 9.62. The van der Waals surface area contributed by atoms with Crippen molar-refractivity contribution in [2.45, 2.75) is 44.9 Å². The van der Waals surface area contributed by atoms with Crippen LogP contribution in [0.3, 0.4) is 0 Å². The normalized spacial score (nSPS) is 12.3. The van der Waals surface area contributed by atoms with Gasteiger partial charge in [-0.05, 0) is 67.0 Å². The van der Waals surface area contributed by atoms with Gasteiger partial charge in [-0.25, -0.2) is 12.8 Å². The highest BCUT2D eigenvalue weighted by atomic mass is 32.2. The highest BCUT2D eigenvalue weighted by Crippen LogP contribution is 2.27. The van der Waals surface area contributed by atoms with Crippen LogP contribution in [0.2, 0.25) is 0 Å². The van der Waals surface area contributed by atoms with Crippen LogP contribution in [0.25, 0.3) is 0 Å². The molecule has 1 N–H and O–H groups in total. The highest BCUT2D eigenvalue weighted by Gasteiger charge is 2.14. The number of sulfone groups is 1. The number of rotatable bonds is 8. The molecule has 0 radical (unpaired) electrons. The van der Waals surface area contributed by atoms with E-state index in [4.69, 9.17) is 4.74 Å². The number of phenolic OH excluding ortho intramolecular Hbond substituents is 1. The van der Waals surface area contributed by atoms with Crippen molar-refractivity contribution in [3.05, 3.63) is 53.3 Å². The predicted octanol–water partition coefficient (Wildman–Crippen LogP) is 4.78. The maximum absolute atomic E-state index is 13.9. The van der Waals surface area contributed by atoms with E-state index in [-0.39, 0.29) is 18.1 Å². The average Bonchev–Trinajstić information content (AvgIpc) is 2.58. The zero-order valence-electron chi connectivity index (χ0n) is 15.3. The fourth-order valence-electron chi connectivity index (χ4n) is 2.85. The summed E-state index contributed by atoms with van der Waals surface area (Å²) in [5.41, 5.74) is 1.89. The molecule has 0 aliphatic rings. The van der Waals surface area contributed by atoms with Crippen LogP contribution in [0.1, 0.15) is 38.3 Å². The minimum Gasteiger partial charge on any atom is -0.504 e. The number of benzene rings is 2. The van der Waals surface area contributed by atoms with Gasteiger partial charge in [-0.15, -0.1) is 0 Å². The van der Waals surface area contributed by atoms with Crippen LogP contribution in [-0.4, -0.2) is 26.9 Å². The summed E-state index contributed by atoms with van der Waals surface area (Å²) in [6, 6.07) is 9.68. The summed E-state index contributed by atoms with van der Waals surface area (Å²) < 4.78 is 42.0. The molecule has 0 bridgehead atoms. The van der Waals surface area contributed by atoms with E-state index in [2.05, 4.69) is 6.92 Å². The third kappa shape index (κ3) is 6.54. The molecular weight excluding hydrogens is 367 g/mol. The first-order chi connectivity index (χ1) is 12.2. The predicted molar refractivity (Wildman–Crippen MR) is 107 cm³/mol. The van der Waals surface area contributed by atoms with Gasteiger partial charge < -0.3 is 9.84 Å². The maximum atomic E-state index is 13.9. The van der Waals surface area contributed by atoms with Gasteiger partial charge in [0.25, 0.3) is 0 Å². The molecule has 0 spiro atoms. The molecule has 4 nitrogen and oxygen atoms in total. The average molecular weight is 397 g/mol. The number of aromatic hydroxyl groups is 1. The van der Waals surface area contributed by atoms with Gasteiger partial charge in [0.05, 0.1) is 7.11 Å². The molecule has 0 fully saturated rings. The molecule has 27 heavy (non-hydrogen) atoms. The van der Waals surface area contributed by atoms with Gasteiger partial charge in [0, 0.05) is 6.26 Å². The van der Waals surface area contributed by atoms with Crippen molar-refractivity contribution in [2.24, 2.45) is 5.92 Å². The Labute approximate surface area is 161 Å². The van der Waals surface area contributed by atoms with E-state index in [0.717, 1.165) is 36.6 Å². The number of hydrogen-bond donors (Lipinski definition) is 1. The first-order valence-corrected chi connectivity index (χ1v) is 10.4. The molecule has 2 aromatic rings. The van der Waals surface area contributed by atoms with Crippen molar-refractivity contribution in [2.75, 3.05) is 13.4 Å². The monoisotopic (exact) mass is 396 g/mol. The lowest BCUT2D eigenvalue weighted by atomic mass is 9.94. The number of halogens is 1. The number of phenols is 1. The second-order valence-corrected chi connectivity index (χ2v) is 8.71. The minimum atomic E-state index is -3.53. The Morgan fingerprint density at radius 3 is 2.15 bits per heavy atom. The summed E-state index contributed by atoms with van der Waals surface area (Å²) in [6.07, 6.45) is 4.40. The van der Waals surface area contributed by atoms with Crippen LogP contribution < -0.4 is 4.74 Å². The van der Waals surface area contributed by atoms with Crippen LogP contribution in [0.5, 0.6) is 11.5 Å². The van der Waals surface area contributed by atoms with Crippen LogP contribution in [0, 0.1) is 11.7 Å². The number of aryl methyl sites for hydroxylation is 2. The molecule has 150 valence electrons. The smallest absolute Gasteiger partial charge is 0.178 e. The fraction of sp³-hybridized carbons (Fsp3) is 0.429. The lowest BCUT2D eigenvalue weighted by Crippen LogP contribution is -2.03. The Hall–Kier alpha value is -2.08. The second kappa shape index (κ2) is 9.74. The Kier molecular flexibility index (Phi) is 8.28. The zero-order valence-corrected chi connectivity index (χ0v) is 16.1. The number of hydrogen-bond acceptors (Lipinski definition) is 4. The molecule has 2 aromatic carbocycles. The van der Waals surface area contributed by atoms with Crippen molar-refractivity contribution in [1.29, 1.82) is 0 Å². The van der Waals surface area contributed by atoms with E-state index in [1.165, 1.54) is 19.2 Å². The first-order valence-electron chi connectivity index (χ1n) is 8.55. The van der Waals surface area contributed by atoms with Crippen molar-refractivity contribution in [1.82, 2.24) is 0 Å². The van der Waals surface area contributed by atoms with Crippen molar-refractivity contribution in [3.63, 3.8) is 0 Å². The summed E-state index contributed by atoms with van der Waals surface area (Å²) in [7, 11) is -2.01. The van der Waals surface area contributed by atoms with Gasteiger partial charge >= 0.3 is 0 Å². The maximum Gasteiger partial charge on any atom is 0.178 e. The number of ether oxygens (including phenoxy) is 1. The summed E-state index contributed by atoms with van der Waals surface area (Å²) in [6.45, 7) is 2.14. The lowest BCUT2D eigenvalue weighted by Gasteiger charge is -2.13. The summed E-state index contributed by atoms with van der Waals surface area (Å²) in [4.78, 5) is -0.254. The van der Waals surface area contributed by atoms with Crippen molar-refractivity contribution < 1.29 is 22.7 Å². The van der Waals surface area contributed by atoms with Crippen LogP contribution in [0.15, 0.2) is 41.3 Å². The van der Waals surface area contributed by atoms with Gasteiger partial charge in [-0.1, -0.05) is 26.5 Å². The van der Waals surface area contributed by atoms with Gasteiger partial charge in [0.1, 0.15) is 10.7 Å². The summed E-state index contributed by atoms with van der Waals surface area (Å²) in [5.74, 6) is 0.335. The second-order valence-electron chi connectivity index (χ2n) is 6.73. The summed E-state index contributed by atoms with van der Waals surface area (Å²) >= 11 is 0. The molecule has 0 aliphatic carbocycles. The van der Waals surface area contributed by atoms with Gasteiger partial charge in [0.15, 0.2) is 21.3 Å². The molecule has 0 heterocycles. The van der Waals surface area contributed by atoms with Gasteiger partial charge in [0.2, 0.25) is 0 Å². The van der Waals surface area contributed by atoms with E-state index in [1.807, 2.05) is 12.1 Å². The number of methoxy groups -OCH3 is 1. The third-order valence-electron chi connectivity index (χ3n) is 4.49. The molecular formula is C21H29FO4S. The molecule has 0 aromatic heterocycles. The molecule has 0 saturated heterocycles. The SMILES string of the molecule is C.COc1cc(CCC(C)CCc2ccc(S(C)(=O)=O)c(F)c2)ccc1O. The molecule has 0 aliphatic heterocycles. The van der Waals surface area contributed by atoms with Crippen molar-refractivity contribution in [3.8, 4) is 11.5 Å². The van der Waals surface area contributed by atoms with E-state index in [1.54, 1.807) is 12.1 Å². The van der Waals surface area contributed by atoms with Crippen LogP contribution in [-0.2, 0) is 22.7 Å². The molecule has 2 rings (SSSR count). The molecule has 0 saturated carbocycles. The zero-order chi connectivity index (χ0) is 19.3. The van der Waals surface area contributed by atoms with E-state index < -0.39 is 15.7 Å². The van der Waals surface area contributed by atoms with Crippen LogP contribution in [0.4, 0.5) is 4.39 Å². The van der Waals surface area contributed by atoms with E-state index in [0.29, 0.717) is 18.1 Å². The quantitative estimate of drug-likeness (QED) is 0.697. The van der Waals surface area contributed by atoms with Crippen LogP contribution >= 0.6 is 0 Å². The Morgan fingerprint density at radius 1 is 1.07 bits per heavy atom. The minimum absolute atomic E-state index is 0. The lowest BCUT2D eigenvalue weighted by molar-refractivity contribution is 0.372. The Bertz CT molecular complexity index is 862. The standard InChI is InChI=1S/C20H25FO4S.CH4/c1-14(5-7-16-8-10-18(22)19(13-16)25-2)4-6-15-9-11-20(17(21)12-15)26(3,23)24;/h8-14,22H,4-7H2,1-3H3;1H4. The molecule has 1 unspecified atom stereocenters.